The Morgan fingerprint density at radius 2 is 2.05 bits per heavy atom. The molecule has 20 heavy (non-hydrogen) atoms. The zero-order valence-corrected chi connectivity index (χ0v) is 12.0. The minimum atomic E-state index is -2.85. The van der Waals surface area contributed by atoms with E-state index in [1.54, 1.807) is 6.07 Å². The van der Waals surface area contributed by atoms with E-state index < -0.39 is 12.2 Å². The summed E-state index contributed by atoms with van der Waals surface area (Å²) in [6.07, 6.45) is 1.33. The third-order valence-corrected chi connectivity index (χ3v) is 3.80. The van der Waals surface area contributed by atoms with E-state index >= 15 is 0 Å². The summed E-state index contributed by atoms with van der Waals surface area (Å²) in [4.78, 5) is 2.10. The van der Waals surface area contributed by atoms with Gasteiger partial charge in [-0.25, -0.2) is 0 Å². The molecule has 0 amide bonds. The highest BCUT2D eigenvalue weighted by Gasteiger charge is 2.27. The fraction of sp³-hybridized carbons (Fsp3) is 0.571. The van der Waals surface area contributed by atoms with E-state index in [2.05, 4.69) is 9.64 Å². The number of nitrogens with zero attached hydrogens (tertiary/aromatic N) is 1. The Morgan fingerprint density at radius 3 is 2.65 bits per heavy atom. The molecule has 0 spiro atoms. The van der Waals surface area contributed by atoms with E-state index in [-0.39, 0.29) is 5.75 Å². The Morgan fingerprint density at radius 1 is 1.40 bits per heavy atom. The lowest BCUT2D eigenvalue weighted by molar-refractivity contribution is -0.0511. The van der Waals surface area contributed by atoms with Crippen LogP contribution in [0.3, 0.4) is 0 Å². The Bertz CT molecular complexity index is 458. The summed E-state index contributed by atoms with van der Waals surface area (Å²) in [5.41, 5.74) is 0.00647. The highest BCUT2D eigenvalue weighted by atomic mass is 35.5. The number of rotatable bonds is 4. The third kappa shape index (κ3) is 4.30. The average Bonchev–Trinajstić information content (AvgIpc) is 2.35. The van der Waals surface area contributed by atoms with E-state index in [0.29, 0.717) is 43.1 Å². The van der Waals surface area contributed by atoms with Gasteiger partial charge in [0.05, 0.1) is 5.60 Å². The van der Waals surface area contributed by atoms with Gasteiger partial charge in [0, 0.05) is 30.2 Å². The molecule has 3 nitrogen and oxygen atoms in total. The maximum absolute atomic E-state index is 12.4. The second-order valence-corrected chi connectivity index (χ2v) is 5.84. The standard InChI is InChI=1S/C14H18ClF2NO2/c1-14(19)4-6-18(7-5-14)9-10-8-11(15)2-3-12(10)20-13(16)17/h2-3,8,13,19H,4-7,9H2,1H3. The largest absolute Gasteiger partial charge is 0.434 e. The maximum Gasteiger partial charge on any atom is 0.387 e. The van der Waals surface area contributed by atoms with Crippen LogP contribution in [0.2, 0.25) is 5.02 Å². The quantitative estimate of drug-likeness (QED) is 0.926. The molecule has 1 saturated heterocycles. The maximum atomic E-state index is 12.4. The molecule has 0 radical (unpaired) electrons. The van der Waals surface area contributed by atoms with Crippen molar-refractivity contribution in [1.82, 2.24) is 4.90 Å². The van der Waals surface area contributed by atoms with Gasteiger partial charge in [0.1, 0.15) is 5.75 Å². The minimum absolute atomic E-state index is 0.154. The van der Waals surface area contributed by atoms with Crippen LogP contribution in [0.25, 0.3) is 0 Å². The number of benzene rings is 1. The fourth-order valence-electron chi connectivity index (χ4n) is 2.32. The van der Waals surface area contributed by atoms with Crippen molar-refractivity contribution in [3.63, 3.8) is 0 Å². The van der Waals surface area contributed by atoms with Crippen molar-refractivity contribution in [2.45, 2.75) is 38.5 Å². The molecule has 0 unspecified atom stereocenters. The van der Waals surface area contributed by atoms with Crippen LogP contribution >= 0.6 is 11.6 Å². The first-order valence-corrected chi connectivity index (χ1v) is 6.91. The summed E-state index contributed by atoms with van der Waals surface area (Å²) in [7, 11) is 0. The summed E-state index contributed by atoms with van der Waals surface area (Å²) < 4.78 is 29.3. The predicted molar refractivity (Wildman–Crippen MR) is 73.2 cm³/mol. The van der Waals surface area contributed by atoms with E-state index in [4.69, 9.17) is 11.6 Å². The molecule has 1 heterocycles. The Labute approximate surface area is 122 Å². The molecule has 2 rings (SSSR count). The van der Waals surface area contributed by atoms with Gasteiger partial charge in [0.25, 0.3) is 0 Å². The molecular weight excluding hydrogens is 288 g/mol. The number of hydrogen-bond acceptors (Lipinski definition) is 3. The van der Waals surface area contributed by atoms with E-state index in [9.17, 15) is 13.9 Å². The number of piperidine rings is 1. The Hall–Kier alpha value is -0.910. The lowest BCUT2D eigenvalue weighted by atomic mass is 9.93. The van der Waals surface area contributed by atoms with Crippen molar-refractivity contribution in [2.24, 2.45) is 0 Å². The van der Waals surface area contributed by atoms with Crippen LogP contribution in [-0.2, 0) is 6.54 Å². The Kier molecular flexibility index (Phi) is 4.83. The lowest BCUT2D eigenvalue weighted by Crippen LogP contribution is -2.42. The molecule has 1 aliphatic heterocycles. The molecule has 0 aromatic heterocycles. The second kappa shape index (κ2) is 6.24. The Balaban J connectivity index is 2.06. The lowest BCUT2D eigenvalue weighted by Gasteiger charge is -2.36. The summed E-state index contributed by atoms with van der Waals surface area (Å²) >= 11 is 5.91. The van der Waals surface area contributed by atoms with Crippen molar-refractivity contribution in [2.75, 3.05) is 13.1 Å². The number of halogens is 3. The van der Waals surface area contributed by atoms with Gasteiger partial charge in [-0.15, -0.1) is 0 Å². The zero-order valence-electron chi connectivity index (χ0n) is 11.3. The molecule has 1 fully saturated rings. The summed E-state index contributed by atoms with van der Waals surface area (Å²) in [6, 6.07) is 4.64. The van der Waals surface area contributed by atoms with Crippen LogP contribution in [0.1, 0.15) is 25.3 Å². The van der Waals surface area contributed by atoms with Crippen LogP contribution in [0.4, 0.5) is 8.78 Å². The summed E-state index contributed by atoms with van der Waals surface area (Å²) in [6.45, 7) is 0.881. The van der Waals surface area contributed by atoms with Crippen LogP contribution in [0.5, 0.6) is 5.75 Å². The topological polar surface area (TPSA) is 32.7 Å². The molecule has 112 valence electrons. The van der Waals surface area contributed by atoms with E-state index in [1.807, 2.05) is 6.92 Å². The molecule has 0 saturated carbocycles. The first-order chi connectivity index (χ1) is 9.35. The number of alkyl halides is 2. The molecule has 0 atom stereocenters. The SMILES string of the molecule is CC1(O)CCN(Cc2cc(Cl)ccc2OC(F)F)CC1. The average molecular weight is 306 g/mol. The van der Waals surface area contributed by atoms with Crippen molar-refractivity contribution in [1.29, 1.82) is 0 Å². The smallest absolute Gasteiger partial charge is 0.387 e. The van der Waals surface area contributed by atoms with Crippen molar-refractivity contribution in [3.8, 4) is 5.75 Å². The van der Waals surface area contributed by atoms with Crippen LogP contribution in [-0.4, -0.2) is 35.3 Å². The fourth-order valence-corrected chi connectivity index (χ4v) is 2.51. The van der Waals surface area contributed by atoms with Crippen molar-refractivity contribution >= 4 is 11.6 Å². The molecule has 1 aromatic rings. The third-order valence-electron chi connectivity index (χ3n) is 3.57. The van der Waals surface area contributed by atoms with Crippen molar-refractivity contribution < 1.29 is 18.6 Å². The highest BCUT2D eigenvalue weighted by molar-refractivity contribution is 6.30. The summed E-state index contributed by atoms with van der Waals surface area (Å²) in [5, 5.41) is 10.4. The van der Waals surface area contributed by atoms with Crippen LogP contribution in [0, 0.1) is 0 Å². The molecule has 0 aliphatic carbocycles. The van der Waals surface area contributed by atoms with Gasteiger partial charge in [0.15, 0.2) is 0 Å². The molecule has 0 bridgehead atoms. The summed E-state index contributed by atoms with van der Waals surface area (Å²) in [5.74, 6) is 0.154. The van der Waals surface area contributed by atoms with Crippen molar-refractivity contribution in [3.05, 3.63) is 28.8 Å². The van der Waals surface area contributed by atoms with Gasteiger partial charge < -0.3 is 9.84 Å². The van der Waals surface area contributed by atoms with Crippen LogP contribution in [0.15, 0.2) is 18.2 Å². The number of aliphatic hydroxyl groups is 1. The van der Waals surface area contributed by atoms with Gasteiger partial charge in [0.2, 0.25) is 0 Å². The minimum Gasteiger partial charge on any atom is -0.434 e. The van der Waals surface area contributed by atoms with Gasteiger partial charge in [-0.1, -0.05) is 11.6 Å². The van der Waals surface area contributed by atoms with Crippen LogP contribution < -0.4 is 4.74 Å². The normalized spacial score (nSPS) is 19.3. The molecular formula is C14H18ClF2NO2. The second-order valence-electron chi connectivity index (χ2n) is 5.40. The number of ether oxygens (including phenoxy) is 1. The molecule has 6 heteroatoms. The first-order valence-electron chi connectivity index (χ1n) is 6.54. The zero-order chi connectivity index (χ0) is 14.8. The number of likely N-dealkylation sites (tertiary alicyclic amines) is 1. The number of hydrogen-bond donors (Lipinski definition) is 1. The predicted octanol–water partition coefficient (Wildman–Crippen LogP) is 3.29. The molecule has 1 N–H and O–H groups in total. The van der Waals surface area contributed by atoms with Gasteiger partial charge >= 0.3 is 6.61 Å². The highest BCUT2D eigenvalue weighted by Crippen LogP contribution is 2.28. The first kappa shape index (κ1) is 15.5. The van der Waals surface area contributed by atoms with Gasteiger partial charge in [-0.2, -0.15) is 8.78 Å². The molecule has 1 aliphatic rings. The molecule has 1 aromatic carbocycles. The van der Waals surface area contributed by atoms with Gasteiger partial charge in [-0.05, 0) is 38.0 Å². The monoisotopic (exact) mass is 305 g/mol. The van der Waals surface area contributed by atoms with E-state index in [0.717, 1.165) is 0 Å². The van der Waals surface area contributed by atoms with E-state index in [1.165, 1.54) is 12.1 Å². The van der Waals surface area contributed by atoms with Gasteiger partial charge in [-0.3, -0.25) is 4.90 Å².